The number of hydrogen-bond donors (Lipinski definition) is 3. The van der Waals surface area contributed by atoms with E-state index in [-0.39, 0.29) is 0 Å². The van der Waals surface area contributed by atoms with Gasteiger partial charge in [0.1, 0.15) is 18.2 Å². The lowest BCUT2D eigenvalue weighted by atomic mass is 10.2. The zero-order chi connectivity index (χ0) is 12.7. The summed E-state index contributed by atoms with van der Waals surface area (Å²) in [5, 5.41) is 8.59. The van der Waals surface area contributed by atoms with Gasteiger partial charge in [0.15, 0.2) is 0 Å². The van der Waals surface area contributed by atoms with Crippen molar-refractivity contribution >= 4 is 23.7 Å². The Morgan fingerprint density at radius 2 is 2.00 bits per heavy atom. The minimum atomic E-state index is -1.23. The number of rotatable bonds is 7. The maximum Gasteiger partial charge on any atom is 0.324 e. The zero-order valence-electron chi connectivity index (χ0n) is 9.38. The third-order valence-corrected chi connectivity index (χ3v) is 2.67. The van der Waals surface area contributed by atoms with Gasteiger partial charge in [-0.3, -0.25) is 9.59 Å². The van der Waals surface area contributed by atoms with Crippen molar-refractivity contribution < 1.29 is 19.4 Å². The van der Waals surface area contributed by atoms with Crippen LogP contribution >= 0.6 is 11.8 Å². The molecule has 0 fully saturated rings. The van der Waals surface area contributed by atoms with Crippen LogP contribution in [0.25, 0.3) is 0 Å². The summed E-state index contributed by atoms with van der Waals surface area (Å²) in [6.07, 6.45) is 1.51. The van der Waals surface area contributed by atoms with Gasteiger partial charge in [-0.1, -0.05) is 0 Å². The van der Waals surface area contributed by atoms with Gasteiger partial charge in [-0.15, -0.1) is 0 Å². The number of hydrogen-bond acceptors (Lipinski definition) is 6. The summed E-state index contributed by atoms with van der Waals surface area (Å²) in [6.45, 7) is 1.43. The van der Waals surface area contributed by atoms with Gasteiger partial charge in [-0.2, -0.15) is 11.8 Å². The van der Waals surface area contributed by atoms with Gasteiger partial charge in [0.05, 0.1) is 0 Å². The number of carboxylic acids is 1. The van der Waals surface area contributed by atoms with Gasteiger partial charge in [0, 0.05) is 0 Å². The quantitative estimate of drug-likeness (QED) is 0.517. The van der Waals surface area contributed by atoms with E-state index in [4.69, 9.17) is 21.3 Å². The lowest BCUT2D eigenvalue weighted by molar-refractivity contribution is -0.154. The molecule has 0 rings (SSSR count). The Bertz CT molecular complexity index is 250. The molecule has 0 aliphatic heterocycles. The summed E-state index contributed by atoms with van der Waals surface area (Å²) in [6, 6.07) is -1.95. The molecule has 0 bridgehead atoms. The average Bonchev–Trinajstić information content (AvgIpc) is 2.24. The predicted octanol–water partition coefficient (Wildman–Crippen LogP) is -0.590. The van der Waals surface area contributed by atoms with Crippen molar-refractivity contribution in [1.82, 2.24) is 0 Å². The van der Waals surface area contributed by atoms with Crippen LogP contribution in [0.15, 0.2) is 0 Å². The summed E-state index contributed by atoms with van der Waals surface area (Å²) in [5.74, 6) is -1.08. The first-order valence-electron chi connectivity index (χ1n) is 4.83. The van der Waals surface area contributed by atoms with Crippen molar-refractivity contribution in [3.63, 3.8) is 0 Å². The minimum Gasteiger partial charge on any atom is -0.480 e. The number of carbonyl (C=O) groups excluding carboxylic acids is 1. The second-order valence-electron chi connectivity index (χ2n) is 3.39. The van der Waals surface area contributed by atoms with E-state index in [1.54, 1.807) is 11.8 Å². The summed E-state index contributed by atoms with van der Waals surface area (Å²) in [4.78, 5) is 21.9. The Morgan fingerprint density at radius 3 is 2.44 bits per heavy atom. The molecule has 6 nitrogen and oxygen atoms in total. The number of carbonyl (C=O) groups is 2. The second-order valence-corrected chi connectivity index (χ2v) is 4.38. The molecule has 0 aliphatic rings. The highest BCUT2D eigenvalue weighted by atomic mass is 32.2. The fraction of sp³-hybridized carbons (Fsp3) is 0.778. The topological polar surface area (TPSA) is 116 Å². The predicted molar refractivity (Wildman–Crippen MR) is 62.1 cm³/mol. The molecule has 0 aromatic rings. The number of nitrogens with two attached hydrogens (primary N) is 2. The lowest BCUT2D eigenvalue weighted by Gasteiger charge is -2.19. The van der Waals surface area contributed by atoms with E-state index in [1.807, 2.05) is 6.26 Å². The fourth-order valence-electron chi connectivity index (χ4n) is 0.907. The van der Waals surface area contributed by atoms with E-state index in [0.29, 0.717) is 6.42 Å². The maximum atomic E-state index is 11.4. The Morgan fingerprint density at radius 1 is 1.44 bits per heavy atom. The summed E-state index contributed by atoms with van der Waals surface area (Å²) >= 11 is 1.57. The Balaban J connectivity index is 4.07. The molecule has 16 heavy (non-hydrogen) atoms. The molecular weight excluding hydrogens is 232 g/mol. The van der Waals surface area contributed by atoms with Gasteiger partial charge in [0.25, 0.3) is 0 Å². The monoisotopic (exact) mass is 250 g/mol. The van der Waals surface area contributed by atoms with Crippen LogP contribution in [0.3, 0.4) is 0 Å². The normalized spacial score (nSPS) is 16.2. The number of carboxylic acid groups (broad SMARTS) is 1. The molecule has 0 amide bonds. The highest BCUT2D eigenvalue weighted by Gasteiger charge is 2.25. The van der Waals surface area contributed by atoms with Gasteiger partial charge in [-0.05, 0) is 25.4 Å². The highest BCUT2D eigenvalue weighted by Crippen LogP contribution is 2.04. The lowest BCUT2D eigenvalue weighted by Crippen LogP contribution is -2.45. The molecule has 0 aromatic carbocycles. The van der Waals surface area contributed by atoms with E-state index >= 15 is 0 Å². The van der Waals surface area contributed by atoms with Crippen LogP contribution in [0.1, 0.15) is 13.3 Å². The molecule has 0 unspecified atom stereocenters. The third kappa shape index (κ3) is 5.34. The van der Waals surface area contributed by atoms with Crippen molar-refractivity contribution in [3.05, 3.63) is 0 Å². The molecule has 0 radical (unpaired) electrons. The third-order valence-electron chi connectivity index (χ3n) is 2.03. The first-order valence-corrected chi connectivity index (χ1v) is 6.23. The fourth-order valence-corrected chi connectivity index (χ4v) is 1.40. The largest absolute Gasteiger partial charge is 0.480 e. The molecule has 3 atom stereocenters. The van der Waals surface area contributed by atoms with Crippen molar-refractivity contribution in [2.24, 2.45) is 11.5 Å². The summed E-state index contributed by atoms with van der Waals surface area (Å²) in [5.41, 5.74) is 10.8. The van der Waals surface area contributed by atoms with E-state index in [0.717, 1.165) is 5.75 Å². The van der Waals surface area contributed by atoms with Crippen molar-refractivity contribution in [2.75, 3.05) is 12.0 Å². The van der Waals surface area contributed by atoms with Gasteiger partial charge < -0.3 is 21.3 Å². The molecule has 5 N–H and O–H groups in total. The van der Waals surface area contributed by atoms with Crippen LogP contribution in [0.5, 0.6) is 0 Å². The van der Waals surface area contributed by atoms with Gasteiger partial charge in [-0.25, -0.2) is 0 Å². The molecule has 0 aromatic heterocycles. The summed E-state index contributed by atoms with van der Waals surface area (Å²) < 4.78 is 4.85. The Labute approximate surface area is 98.7 Å². The molecule has 0 spiro atoms. The number of esters is 1. The van der Waals surface area contributed by atoms with Gasteiger partial charge >= 0.3 is 11.9 Å². The second kappa shape index (κ2) is 7.48. The molecule has 0 aliphatic carbocycles. The smallest absolute Gasteiger partial charge is 0.324 e. The first-order chi connectivity index (χ1) is 7.40. The zero-order valence-corrected chi connectivity index (χ0v) is 10.2. The molecule has 94 valence electrons. The maximum absolute atomic E-state index is 11.4. The Kier molecular flexibility index (Phi) is 7.11. The standard InChI is InChI=1S/C9H18N2O4S/c1-5(7(11)8(12)13)15-9(14)6(10)3-4-16-2/h5-7H,3-4,10-11H2,1-2H3,(H,12,13)/t5-,6+,7+/m1/s1. The van der Waals surface area contributed by atoms with Crippen LogP contribution in [-0.4, -0.2) is 47.2 Å². The van der Waals surface area contributed by atoms with E-state index in [2.05, 4.69) is 0 Å². The number of thioether (sulfide) groups is 1. The number of ether oxygens (including phenoxy) is 1. The van der Waals surface area contributed by atoms with E-state index in [9.17, 15) is 9.59 Å². The van der Waals surface area contributed by atoms with Crippen LogP contribution in [0, 0.1) is 0 Å². The Hall–Kier alpha value is -0.790. The minimum absolute atomic E-state index is 0.495. The van der Waals surface area contributed by atoms with E-state index in [1.165, 1.54) is 6.92 Å². The van der Waals surface area contributed by atoms with Gasteiger partial charge in [0.2, 0.25) is 0 Å². The van der Waals surface area contributed by atoms with Crippen LogP contribution < -0.4 is 11.5 Å². The van der Waals surface area contributed by atoms with Crippen LogP contribution in [0.4, 0.5) is 0 Å². The molecular formula is C9H18N2O4S. The molecule has 0 heterocycles. The van der Waals surface area contributed by atoms with Crippen molar-refractivity contribution in [1.29, 1.82) is 0 Å². The van der Waals surface area contributed by atoms with Crippen LogP contribution in [0.2, 0.25) is 0 Å². The summed E-state index contributed by atoms with van der Waals surface area (Å²) in [7, 11) is 0. The molecule has 0 saturated carbocycles. The van der Waals surface area contributed by atoms with Crippen molar-refractivity contribution in [3.8, 4) is 0 Å². The molecule has 0 saturated heterocycles. The van der Waals surface area contributed by atoms with Crippen LogP contribution in [-0.2, 0) is 14.3 Å². The SMILES string of the molecule is CSCC[C@H](N)C(=O)O[C@H](C)[C@H](N)C(=O)O. The average molecular weight is 250 g/mol. The molecule has 7 heteroatoms. The number of aliphatic carboxylic acids is 1. The first kappa shape index (κ1) is 15.2. The van der Waals surface area contributed by atoms with E-state index < -0.39 is 30.1 Å². The highest BCUT2D eigenvalue weighted by molar-refractivity contribution is 7.98. The van der Waals surface area contributed by atoms with Crippen molar-refractivity contribution in [2.45, 2.75) is 31.5 Å².